The SMILES string of the molecule is Cc1cc(CNCc2ccc(Br)c(Br)c2)cc(C)c1F. The molecule has 2 aromatic rings. The fraction of sp³-hybridized carbons (Fsp3) is 0.250. The smallest absolute Gasteiger partial charge is 0.129 e. The molecule has 0 unspecified atom stereocenters. The summed E-state index contributed by atoms with van der Waals surface area (Å²) in [5, 5.41) is 3.38. The quantitative estimate of drug-likeness (QED) is 0.738. The largest absolute Gasteiger partial charge is 0.309 e. The standard InChI is InChI=1S/C16H16Br2FN/c1-10-5-13(6-11(2)16(10)19)9-20-8-12-3-4-14(17)15(18)7-12/h3-7,20H,8-9H2,1-2H3. The van der Waals surface area contributed by atoms with E-state index in [0.717, 1.165) is 27.6 Å². The summed E-state index contributed by atoms with van der Waals surface area (Å²) in [6.07, 6.45) is 0. The number of halogens is 3. The number of hydrogen-bond donors (Lipinski definition) is 1. The Bertz CT molecular complexity index is 603. The summed E-state index contributed by atoms with van der Waals surface area (Å²) in [4.78, 5) is 0. The highest BCUT2D eigenvalue weighted by molar-refractivity contribution is 9.13. The lowest BCUT2D eigenvalue weighted by Crippen LogP contribution is -2.13. The second-order valence-electron chi connectivity index (χ2n) is 4.90. The highest BCUT2D eigenvalue weighted by atomic mass is 79.9. The molecule has 0 heterocycles. The second kappa shape index (κ2) is 6.83. The first-order valence-corrected chi connectivity index (χ1v) is 7.96. The van der Waals surface area contributed by atoms with Crippen molar-refractivity contribution in [2.75, 3.05) is 0 Å². The van der Waals surface area contributed by atoms with Crippen molar-refractivity contribution < 1.29 is 4.39 Å². The third kappa shape index (κ3) is 3.90. The van der Waals surface area contributed by atoms with Gasteiger partial charge < -0.3 is 5.32 Å². The van der Waals surface area contributed by atoms with Crippen LogP contribution in [0.5, 0.6) is 0 Å². The van der Waals surface area contributed by atoms with Crippen molar-refractivity contribution in [1.82, 2.24) is 5.32 Å². The Kier molecular flexibility index (Phi) is 5.35. The fourth-order valence-electron chi connectivity index (χ4n) is 2.14. The van der Waals surface area contributed by atoms with Gasteiger partial charge in [0.25, 0.3) is 0 Å². The van der Waals surface area contributed by atoms with Crippen LogP contribution in [0, 0.1) is 19.7 Å². The molecule has 0 fully saturated rings. The van der Waals surface area contributed by atoms with Crippen molar-refractivity contribution in [2.45, 2.75) is 26.9 Å². The van der Waals surface area contributed by atoms with E-state index in [9.17, 15) is 4.39 Å². The average Bonchev–Trinajstić information content (AvgIpc) is 2.40. The number of benzene rings is 2. The molecule has 0 aliphatic heterocycles. The topological polar surface area (TPSA) is 12.0 Å². The Labute approximate surface area is 135 Å². The van der Waals surface area contributed by atoms with Crippen LogP contribution in [-0.2, 0) is 13.1 Å². The van der Waals surface area contributed by atoms with Crippen LogP contribution >= 0.6 is 31.9 Å². The summed E-state index contributed by atoms with van der Waals surface area (Å²) in [5.41, 5.74) is 3.72. The van der Waals surface area contributed by atoms with Gasteiger partial charge in [0.15, 0.2) is 0 Å². The number of rotatable bonds is 4. The van der Waals surface area contributed by atoms with Gasteiger partial charge in [-0.05, 0) is 80.1 Å². The molecule has 0 bridgehead atoms. The Morgan fingerprint density at radius 2 is 1.50 bits per heavy atom. The van der Waals surface area contributed by atoms with E-state index in [1.165, 1.54) is 5.56 Å². The van der Waals surface area contributed by atoms with E-state index >= 15 is 0 Å². The van der Waals surface area contributed by atoms with Crippen LogP contribution in [0.25, 0.3) is 0 Å². The molecule has 0 amide bonds. The molecule has 0 saturated heterocycles. The highest BCUT2D eigenvalue weighted by Crippen LogP contribution is 2.23. The van der Waals surface area contributed by atoms with Crippen molar-refractivity contribution in [3.8, 4) is 0 Å². The number of aryl methyl sites for hydroxylation is 2. The average molecular weight is 401 g/mol. The molecule has 0 saturated carbocycles. The van der Waals surface area contributed by atoms with E-state index in [2.05, 4.69) is 49.3 Å². The van der Waals surface area contributed by atoms with Gasteiger partial charge in [-0.25, -0.2) is 4.39 Å². The summed E-state index contributed by atoms with van der Waals surface area (Å²) < 4.78 is 15.6. The lowest BCUT2D eigenvalue weighted by atomic mass is 10.1. The lowest BCUT2D eigenvalue weighted by molar-refractivity contribution is 0.606. The van der Waals surface area contributed by atoms with E-state index in [1.807, 2.05) is 18.2 Å². The zero-order valence-corrected chi connectivity index (χ0v) is 14.6. The molecule has 0 atom stereocenters. The Morgan fingerprint density at radius 1 is 0.900 bits per heavy atom. The van der Waals surface area contributed by atoms with Gasteiger partial charge in [0.1, 0.15) is 5.82 Å². The summed E-state index contributed by atoms with van der Waals surface area (Å²) in [6, 6.07) is 9.97. The van der Waals surface area contributed by atoms with Crippen molar-refractivity contribution in [2.24, 2.45) is 0 Å². The van der Waals surface area contributed by atoms with Crippen LogP contribution in [0.15, 0.2) is 39.3 Å². The molecule has 2 rings (SSSR count). The number of nitrogens with one attached hydrogen (secondary N) is 1. The maximum absolute atomic E-state index is 13.6. The van der Waals surface area contributed by atoms with Crippen molar-refractivity contribution in [3.63, 3.8) is 0 Å². The first kappa shape index (κ1) is 15.7. The normalized spacial score (nSPS) is 10.8. The highest BCUT2D eigenvalue weighted by Gasteiger charge is 2.04. The maximum Gasteiger partial charge on any atom is 0.129 e. The molecule has 20 heavy (non-hydrogen) atoms. The maximum atomic E-state index is 13.6. The van der Waals surface area contributed by atoms with E-state index in [-0.39, 0.29) is 5.82 Å². The van der Waals surface area contributed by atoms with Gasteiger partial charge in [-0.3, -0.25) is 0 Å². The molecule has 0 aromatic heterocycles. The van der Waals surface area contributed by atoms with Gasteiger partial charge in [0.2, 0.25) is 0 Å². The molecular formula is C16H16Br2FN. The van der Waals surface area contributed by atoms with Crippen LogP contribution in [0.1, 0.15) is 22.3 Å². The van der Waals surface area contributed by atoms with Gasteiger partial charge in [-0.15, -0.1) is 0 Å². The third-order valence-electron chi connectivity index (χ3n) is 3.14. The van der Waals surface area contributed by atoms with Crippen LogP contribution in [0.3, 0.4) is 0 Å². The van der Waals surface area contributed by atoms with E-state index in [1.54, 1.807) is 13.8 Å². The third-order valence-corrected chi connectivity index (χ3v) is 5.02. The summed E-state index contributed by atoms with van der Waals surface area (Å²) in [6.45, 7) is 5.12. The van der Waals surface area contributed by atoms with Crippen molar-refractivity contribution in [3.05, 3.63) is 67.3 Å². The van der Waals surface area contributed by atoms with E-state index < -0.39 is 0 Å². The predicted octanol–water partition coefficient (Wildman–Crippen LogP) is 5.26. The second-order valence-corrected chi connectivity index (χ2v) is 6.60. The molecule has 2 aromatic carbocycles. The first-order valence-electron chi connectivity index (χ1n) is 6.37. The summed E-state index contributed by atoms with van der Waals surface area (Å²) in [7, 11) is 0. The molecule has 1 nitrogen and oxygen atoms in total. The van der Waals surface area contributed by atoms with Gasteiger partial charge in [-0.1, -0.05) is 18.2 Å². The minimum atomic E-state index is -0.106. The van der Waals surface area contributed by atoms with E-state index in [0.29, 0.717) is 11.1 Å². The number of hydrogen-bond acceptors (Lipinski definition) is 1. The minimum absolute atomic E-state index is 0.106. The molecule has 0 radical (unpaired) electrons. The van der Waals surface area contributed by atoms with Gasteiger partial charge in [0.05, 0.1) is 0 Å². The lowest BCUT2D eigenvalue weighted by Gasteiger charge is -2.09. The first-order chi connectivity index (χ1) is 9.47. The van der Waals surface area contributed by atoms with Crippen molar-refractivity contribution >= 4 is 31.9 Å². The zero-order valence-electron chi connectivity index (χ0n) is 11.4. The Hall–Kier alpha value is -0.710. The summed E-state index contributed by atoms with van der Waals surface area (Å²) in [5.74, 6) is -0.106. The fourth-order valence-corrected chi connectivity index (χ4v) is 2.81. The molecule has 0 spiro atoms. The van der Waals surface area contributed by atoms with Crippen LogP contribution in [0.2, 0.25) is 0 Å². The molecular weight excluding hydrogens is 385 g/mol. The van der Waals surface area contributed by atoms with E-state index in [4.69, 9.17) is 0 Å². The summed E-state index contributed by atoms with van der Waals surface area (Å²) >= 11 is 6.95. The van der Waals surface area contributed by atoms with Crippen LogP contribution in [-0.4, -0.2) is 0 Å². The molecule has 4 heteroatoms. The Morgan fingerprint density at radius 3 is 2.10 bits per heavy atom. The van der Waals surface area contributed by atoms with Gasteiger partial charge >= 0.3 is 0 Å². The molecule has 1 N–H and O–H groups in total. The van der Waals surface area contributed by atoms with Crippen LogP contribution in [0.4, 0.5) is 4.39 Å². The molecule has 0 aliphatic carbocycles. The van der Waals surface area contributed by atoms with Crippen LogP contribution < -0.4 is 5.32 Å². The van der Waals surface area contributed by atoms with Gasteiger partial charge in [-0.2, -0.15) is 0 Å². The minimum Gasteiger partial charge on any atom is -0.309 e. The Balaban J connectivity index is 1.97. The van der Waals surface area contributed by atoms with Crippen molar-refractivity contribution in [1.29, 1.82) is 0 Å². The van der Waals surface area contributed by atoms with Gasteiger partial charge in [0, 0.05) is 22.0 Å². The molecule has 106 valence electrons. The zero-order chi connectivity index (χ0) is 14.7. The predicted molar refractivity (Wildman–Crippen MR) is 88.3 cm³/mol. The molecule has 0 aliphatic rings. The monoisotopic (exact) mass is 399 g/mol.